The van der Waals surface area contributed by atoms with Gasteiger partial charge in [0.15, 0.2) is 0 Å². The second kappa shape index (κ2) is 5.46. The predicted octanol–water partition coefficient (Wildman–Crippen LogP) is 0.240. The number of aromatic carboxylic acids is 1. The molecule has 0 saturated carbocycles. The molecular weight excluding hydrogens is 282 g/mol. The van der Waals surface area contributed by atoms with E-state index in [4.69, 9.17) is 5.11 Å². The summed E-state index contributed by atoms with van der Waals surface area (Å²) in [6, 6.07) is 0. The van der Waals surface area contributed by atoms with Crippen LogP contribution in [0.4, 0.5) is 0 Å². The fourth-order valence-corrected chi connectivity index (χ4v) is 3.59. The summed E-state index contributed by atoms with van der Waals surface area (Å²) in [6.45, 7) is -0.478. The third-order valence-corrected chi connectivity index (χ3v) is 4.86. The third-order valence-electron chi connectivity index (χ3n) is 2.12. The molecule has 0 aromatic carbocycles. The number of hydrogen-bond acceptors (Lipinski definition) is 6. The van der Waals surface area contributed by atoms with Crippen LogP contribution in [-0.2, 0) is 19.6 Å². The lowest BCUT2D eigenvalue weighted by atomic mass is 10.3. The zero-order valence-corrected chi connectivity index (χ0v) is 11.2. The van der Waals surface area contributed by atoms with Crippen molar-refractivity contribution in [2.45, 2.75) is 4.90 Å². The normalized spacial score (nSPS) is 11.5. The van der Waals surface area contributed by atoms with E-state index in [1.165, 1.54) is 17.8 Å². The Morgan fingerprint density at radius 1 is 1.44 bits per heavy atom. The average Bonchev–Trinajstić information content (AvgIpc) is 2.78. The molecule has 0 aliphatic rings. The van der Waals surface area contributed by atoms with E-state index in [2.05, 4.69) is 4.74 Å². The van der Waals surface area contributed by atoms with E-state index in [1.54, 1.807) is 0 Å². The first-order chi connectivity index (χ1) is 8.30. The number of ether oxygens (including phenoxy) is 1. The number of carboxylic acid groups (broad SMARTS) is 1. The molecule has 1 aromatic heterocycles. The zero-order valence-electron chi connectivity index (χ0n) is 9.61. The molecule has 7 nitrogen and oxygen atoms in total. The second-order valence-corrected chi connectivity index (χ2v) is 6.05. The van der Waals surface area contributed by atoms with Crippen molar-refractivity contribution >= 4 is 33.3 Å². The molecule has 1 N–H and O–H groups in total. The van der Waals surface area contributed by atoms with Crippen LogP contribution in [0.3, 0.4) is 0 Å². The Morgan fingerprint density at radius 2 is 2.06 bits per heavy atom. The van der Waals surface area contributed by atoms with E-state index >= 15 is 0 Å². The molecule has 0 aliphatic heterocycles. The number of nitrogens with zero attached hydrogens (tertiary/aromatic N) is 1. The molecule has 100 valence electrons. The van der Waals surface area contributed by atoms with E-state index in [-0.39, 0.29) is 10.5 Å². The van der Waals surface area contributed by atoms with Crippen molar-refractivity contribution in [2.24, 2.45) is 0 Å². The number of esters is 1. The molecule has 0 bridgehead atoms. The Morgan fingerprint density at radius 3 is 2.56 bits per heavy atom. The Labute approximate surface area is 108 Å². The van der Waals surface area contributed by atoms with Crippen molar-refractivity contribution in [3.8, 4) is 0 Å². The van der Waals surface area contributed by atoms with Gasteiger partial charge in [0.2, 0.25) is 10.0 Å². The van der Waals surface area contributed by atoms with Crippen LogP contribution in [0.5, 0.6) is 0 Å². The summed E-state index contributed by atoms with van der Waals surface area (Å²) in [4.78, 5) is 21.6. The first-order valence-electron chi connectivity index (χ1n) is 4.63. The number of carbonyl (C=O) groups is 2. The molecule has 0 aliphatic carbocycles. The molecule has 0 amide bonds. The highest BCUT2D eigenvalue weighted by Crippen LogP contribution is 2.23. The second-order valence-electron chi connectivity index (χ2n) is 3.29. The summed E-state index contributed by atoms with van der Waals surface area (Å²) in [5, 5.41) is 11.3. The van der Waals surface area contributed by atoms with Crippen molar-refractivity contribution in [1.29, 1.82) is 0 Å². The minimum atomic E-state index is -4.01. The topological polar surface area (TPSA) is 101 Å². The smallest absolute Gasteiger partial charge is 0.337 e. The van der Waals surface area contributed by atoms with Crippen LogP contribution in [0.2, 0.25) is 0 Å². The maximum absolute atomic E-state index is 12.0. The Hall–Kier alpha value is -1.45. The van der Waals surface area contributed by atoms with Crippen molar-refractivity contribution in [1.82, 2.24) is 4.31 Å². The van der Waals surface area contributed by atoms with E-state index in [9.17, 15) is 18.0 Å². The molecule has 0 unspecified atom stereocenters. The molecular formula is C9H11NO6S2. The van der Waals surface area contributed by atoms with Gasteiger partial charge < -0.3 is 9.84 Å². The van der Waals surface area contributed by atoms with Crippen LogP contribution in [0.25, 0.3) is 0 Å². The van der Waals surface area contributed by atoms with Gasteiger partial charge in [0.25, 0.3) is 0 Å². The fourth-order valence-electron chi connectivity index (χ4n) is 1.14. The van der Waals surface area contributed by atoms with Gasteiger partial charge in [-0.05, 0) is 0 Å². The number of sulfonamides is 1. The molecule has 1 heterocycles. The van der Waals surface area contributed by atoms with Crippen molar-refractivity contribution in [2.75, 3.05) is 20.7 Å². The molecule has 0 fully saturated rings. The van der Waals surface area contributed by atoms with Crippen molar-refractivity contribution in [3.63, 3.8) is 0 Å². The summed E-state index contributed by atoms with van der Waals surface area (Å²) in [7, 11) is -1.70. The van der Waals surface area contributed by atoms with E-state index in [1.807, 2.05) is 0 Å². The van der Waals surface area contributed by atoms with E-state index in [0.717, 1.165) is 22.8 Å². The Balaban J connectivity index is 3.10. The number of carbonyl (C=O) groups excluding carboxylic acids is 1. The summed E-state index contributed by atoms with van der Waals surface area (Å²) in [5.74, 6) is -2.06. The summed E-state index contributed by atoms with van der Waals surface area (Å²) in [6.07, 6.45) is 0. The van der Waals surface area contributed by atoms with Gasteiger partial charge in [-0.3, -0.25) is 4.79 Å². The Kier molecular flexibility index (Phi) is 4.43. The molecule has 0 saturated heterocycles. The lowest BCUT2D eigenvalue weighted by molar-refractivity contribution is -0.140. The first kappa shape index (κ1) is 14.6. The van der Waals surface area contributed by atoms with Crippen LogP contribution in [-0.4, -0.2) is 50.5 Å². The predicted molar refractivity (Wildman–Crippen MR) is 63.1 cm³/mol. The largest absolute Gasteiger partial charge is 0.478 e. The lowest BCUT2D eigenvalue weighted by Crippen LogP contribution is -2.33. The van der Waals surface area contributed by atoms with Gasteiger partial charge in [-0.15, -0.1) is 0 Å². The van der Waals surface area contributed by atoms with Crippen molar-refractivity contribution < 1.29 is 27.9 Å². The highest BCUT2D eigenvalue weighted by atomic mass is 32.2. The van der Waals surface area contributed by atoms with Gasteiger partial charge in [-0.1, -0.05) is 0 Å². The third kappa shape index (κ3) is 2.86. The number of rotatable bonds is 5. The minimum Gasteiger partial charge on any atom is -0.478 e. The number of hydrogen-bond donors (Lipinski definition) is 1. The van der Waals surface area contributed by atoms with Crippen LogP contribution in [0.15, 0.2) is 15.7 Å². The average molecular weight is 293 g/mol. The number of carboxylic acids is 1. The van der Waals surface area contributed by atoms with Crippen LogP contribution in [0.1, 0.15) is 10.4 Å². The standard InChI is InChI=1S/C9H11NO6S2/c1-10(3-8(11)16-2)18(14,15)7-5-17-4-6(7)9(12)13/h4-5H,3H2,1-2H3,(H,12,13). The number of thiophene rings is 1. The lowest BCUT2D eigenvalue weighted by Gasteiger charge is -2.15. The van der Waals surface area contributed by atoms with Crippen LogP contribution >= 0.6 is 11.3 Å². The summed E-state index contributed by atoms with van der Waals surface area (Å²) < 4.78 is 29.2. The maximum Gasteiger partial charge on any atom is 0.337 e. The van der Waals surface area contributed by atoms with Crippen molar-refractivity contribution in [3.05, 3.63) is 16.3 Å². The fraction of sp³-hybridized carbons (Fsp3) is 0.333. The highest BCUT2D eigenvalue weighted by Gasteiger charge is 2.28. The molecule has 1 aromatic rings. The van der Waals surface area contributed by atoms with Crippen LogP contribution < -0.4 is 0 Å². The van der Waals surface area contributed by atoms with Gasteiger partial charge in [-0.25, -0.2) is 13.2 Å². The van der Waals surface area contributed by atoms with Gasteiger partial charge in [0.1, 0.15) is 11.4 Å². The monoisotopic (exact) mass is 293 g/mol. The molecule has 18 heavy (non-hydrogen) atoms. The van der Waals surface area contributed by atoms with Gasteiger partial charge in [-0.2, -0.15) is 15.6 Å². The van der Waals surface area contributed by atoms with Gasteiger partial charge in [0, 0.05) is 17.8 Å². The van der Waals surface area contributed by atoms with Crippen LogP contribution in [0, 0.1) is 0 Å². The van der Waals surface area contributed by atoms with E-state index in [0.29, 0.717) is 0 Å². The molecule has 0 atom stereocenters. The first-order valence-corrected chi connectivity index (χ1v) is 7.01. The SMILES string of the molecule is COC(=O)CN(C)S(=O)(=O)c1cscc1C(=O)O. The zero-order chi connectivity index (χ0) is 13.9. The quantitative estimate of drug-likeness (QED) is 0.780. The Bertz CT molecular complexity index is 561. The molecule has 0 spiro atoms. The van der Waals surface area contributed by atoms with Gasteiger partial charge >= 0.3 is 11.9 Å². The summed E-state index contributed by atoms with van der Waals surface area (Å²) in [5.41, 5.74) is -0.309. The van der Waals surface area contributed by atoms with Gasteiger partial charge in [0.05, 0.1) is 12.7 Å². The number of likely N-dealkylation sites (N-methyl/N-ethyl adjacent to an activating group) is 1. The highest BCUT2D eigenvalue weighted by molar-refractivity contribution is 7.89. The number of methoxy groups -OCH3 is 1. The minimum absolute atomic E-state index is 0.309. The van der Waals surface area contributed by atoms with E-state index < -0.39 is 28.5 Å². The molecule has 1 rings (SSSR count). The molecule has 9 heteroatoms. The summed E-state index contributed by atoms with van der Waals surface area (Å²) >= 11 is 0.961. The molecule has 0 radical (unpaired) electrons. The maximum atomic E-state index is 12.0.